The van der Waals surface area contributed by atoms with Gasteiger partial charge in [-0.15, -0.1) is 0 Å². The minimum atomic E-state index is 0.112. The smallest absolute Gasteiger partial charge is 0.131 e. The summed E-state index contributed by atoms with van der Waals surface area (Å²) in [6.45, 7) is 2.30. The van der Waals surface area contributed by atoms with Gasteiger partial charge in [0.2, 0.25) is 0 Å². The van der Waals surface area contributed by atoms with Gasteiger partial charge in [-0.2, -0.15) is 0 Å². The van der Waals surface area contributed by atoms with Crippen LogP contribution >= 0.6 is 0 Å². The number of hydrogen-bond donors (Lipinski definition) is 2. The van der Waals surface area contributed by atoms with E-state index in [2.05, 4.69) is 22.9 Å². The Labute approximate surface area is 130 Å². The molecule has 0 aliphatic carbocycles. The molecule has 0 fully saturated rings. The van der Waals surface area contributed by atoms with E-state index in [-0.39, 0.29) is 12.6 Å². The number of aromatic nitrogens is 2. The van der Waals surface area contributed by atoms with Gasteiger partial charge in [0.1, 0.15) is 5.82 Å². The molecule has 0 aliphatic heterocycles. The maximum atomic E-state index is 8.96. The van der Waals surface area contributed by atoms with Crippen molar-refractivity contribution in [2.24, 2.45) is 7.05 Å². The lowest BCUT2D eigenvalue weighted by Crippen LogP contribution is -2.12. The molecule has 2 aromatic carbocycles. The average molecular weight is 295 g/mol. The second kappa shape index (κ2) is 6.20. The van der Waals surface area contributed by atoms with E-state index in [1.54, 1.807) is 0 Å². The van der Waals surface area contributed by atoms with Gasteiger partial charge in [0.15, 0.2) is 0 Å². The number of hydrogen-bond acceptors (Lipinski definition) is 3. The van der Waals surface area contributed by atoms with Crippen molar-refractivity contribution < 1.29 is 5.11 Å². The largest absolute Gasteiger partial charge is 0.396 e. The summed E-state index contributed by atoms with van der Waals surface area (Å²) in [5.41, 5.74) is 4.36. The van der Waals surface area contributed by atoms with Crippen LogP contribution in [0.1, 0.15) is 24.4 Å². The third-order valence-corrected chi connectivity index (χ3v) is 3.95. The molecule has 0 saturated heterocycles. The highest BCUT2D eigenvalue weighted by atomic mass is 16.2. The van der Waals surface area contributed by atoms with Gasteiger partial charge in [-0.25, -0.2) is 4.98 Å². The van der Waals surface area contributed by atoms with Crippen molar-refractivity contribution in [1.29, 1.82) is 0 Å². The molecule has 4 heteroatoms. The molecular formula is C18H21N3O. The standard InChI is InChI=1S/C18H21N3O/c1-13(19-15-9-7-14(8-10-15)11-12-22)18-20-16-5-3-4-6-17(16)21(18)2/h3-10,13,19,22H,11-12H2,1-2H3. The molecule has 0 radical (unpaired) electrons. The summed E-state index contributed by atoms with van der Waals surface area (Å²) in [6, 6.07) is 16.5. The van der Waals surface area contributed by atoms with Crippen LogP contribution in [0.4, 0.5) is 5.69 Å². The summed E-state index contributed by atoms with van der Waals surface area (Å²) in [6.07, 6.45) is 0.695. The molecule has 1 unspecified atom stereocenters. The van der Waals surface area contributed by atoms with Crippen LogP contribution in [0.25, 0.3) is 11.0 Å². The highest BCUT2D eigenvalue weighted by molar-refractivity contribution is 5.76. The number of fused-ring (bicyclic) bond motifs is 1. The van der Waals surface area contributed by atoms with Crippen molar-refractivity contribution in [2.45, 2.75) is 19.4 Å². The van der Waals surface area contributed by atoms with Crippen LogP contribution in [-0.4, -0.2) is 21.3 Å². The first kappa shape index (κ1) is 14.6. The number of imidazole rings is 1. The number of nitrogens with zero attached hydrogens (tertiary/aromatic N) is 2. The Morgan fingerprint density at radius 2 is 1.86 bits per heavy atom. The number of anilines is 1. The van der Waals surface area contributed by atoms with Gasteiger partial charge in [0.25, 0.3) is 0 Å². The predicted molar refractivity (Wildman–Crippen MR) is 90.0 cm³/mol. The van der Waals surface area contributed by atoms with Gasteiger partial charge in [-0.3, -0.25) is 0 Å². The van der Waals surface area contributed by atoms with Gasteiger partial charge in [0, 0.05) is 19.3 Å². The number of rotatable bonds is 5. The second-order valence-electron chi connectivity index (χ2n) is 5.55. The summed E-state index contributed by atoms with van der Waals surface area (Å²) >= 11 is 0. The number of aryl methyl sites for hydroxylation is 1. The molecule has 0 bridgehead atoms. The van der Waals surface area contributed by atoms with Crippen LogP contribution in [-0.2, 0) is 13.5 Å². The fourth-order valence-corrected chi connectivity index (χ4v) is 2.76. The maximum Gasteiger partial charge on any atom is 0.131 e. The van der Waals surface area contributed by atoms with Gasteiger partial charge in [0.05, 0.1) is 17.1 Å². The van der Waals surface area contributed by atoms with Crippen LogP contribution in [0.5, 0.6) is 0 Å². The Bertz CT molecular complexity index is 762. The molecule has 2 N–H and O–H groups in total. The van der Waals surface area contributed by atoms with E-state index >= 15 is 0 Å². The molecule has 3 rings (SSSR count). The zero-order chi connectivity index (χ0) is 15.5. The van der Waals surface area contributed by atoms with Crippen molar-refractivity contribution in [3.63, 3.8) is 0 Å². The summed E-state index contributed by atoms with van der Waals surface area (Å²) in [5, 5.41) is 12.4. The molecule has 1 atom stereocenters. The van der Waals surface area contributed by atoms with Gasteiger partial charge in [-0.05, 0) is 43.2 Å². The molecule has 3 aromatic rings. The van der Waals surface area contributed by atoms with Crippen molar-refractivity contribution in [3.8, 4) is 0 Å². The summed E-state index contributed by atoms with van der Waals surface area (Å²) in [7, 11) is 2.05. The molecule has 22 heavy (non-hydrogen) atoms. The van der Waals surface area contributed by atoms with E-state index in [0.717, 1.165) is 28.1 Å². The number of aliphatic hydroxyl groups excluding tert-OH is 1. The number of aliphatic hydroxyl groups is 1. The molecule has 1 aromatic heterocycles. The first-order valence-corrected chi connectivity index (χ1v) is 7.56. The predicted octanol–water partition coefficient (Wildman–Crippen LogP) is 3.28. The van der Waals surface area contributed by atoms with Crippen molar-refractivity contribution in [1.82, 2.24) is 9.55 Å². The zero-order valence-electron chi connectivity index (χ0n) is 13.0. The molecule has 0 saturated carbocycles. The Hall–Kier alpha value is -2.33. The highest BCUT2D eigenvalue weighted by Gasteiger charge is 2.14. The number of benzene rings is 2. The lowest BCUT2D eigenvalue weighted by molar-refractivity contribution is 0.299. The Balaban J connectivity index is 1.80. The van der Waals surface area contributed by atoms with Crippen LogP contribution in [0.15, 0.2) is 48.5 Å². The first-order chi connectivity index (χ1) is 10.7. The van der Waals surface area contributed by atoms with E-state index in [0.29, 0.717) is 6.42 Å². The van der Waals surface area contributed by atoms with Crippen molar-refractivity contribution >= 4 is 16.7 Å². The normalized spacial score (nSPS) is 12.5. The minimum absolute atomic E-state index is 0.112. The van der Waals surface area contributed by atoms with E-state index in [1.807, 2.05) is 49.5 Å². The second-order valence-corrected chi connectivity index (χ2v) is 5.55. The molecule has 114 valence electrons. The Morgan fingerprint density at radius 3 is 2.55 bits per heavy atom. The molecule has 1 heterocycles. The van der Waals surface area contributed by atoms with E-state index in [1.165, 1.54) is 0 Å². The third-order valence-electron chi connectivity index (χ3n) is 3.95. The van der Waals surface area contributed by atoms with E-state index in [9.17, 15) is 0 Å². The van der Waals surface area contributed by atoms with E-state index in [4.69, 9.17) is 10.1 Å². The van der Waals surface area contributed by atoms with Crippen LogP contribution in [0.2, 0.25) is 0 Å². The summed E-state index contributed by atoms with van der Waals surface area (Å²) in [4.78, 5) is 4.72. The highest BCUT2D eigenvalue weighted by Crippen LogP contribution is 2.22. The fraction of sp³-hybridized carbons (Fsp3) is 0.278. The number of nitrogens with one attached hydrogen (secondary N) is 1. The topological polar surface area (TPSA) is 50.1 Å². The average Bonchev–Trinajstić information content (AvgIpc) is 2.87. The Kier molecular flexibility index (Phi) is 4.11. The van der Waals surface area contributed by atoms with Crippen molar-refractivity contribution in [3.05, 3.63) is 59.9 Å². The van der Waals surface area contributed by atoms with Gasteiger partial charge in [-0.1, -0.05) is 24.3 Å². The fourth-order valence-electron chi connectivity index (χ4n) is 2.76. The lowest BCUT2D eigenvalue weighted by atomic mass is 10.1. The van der Waals surface area contributed by atoms with Crippen LogP contribution in [0, 0.1) is 0 Å². The molecule has 0 aliphatic rings. The molecule has 0 amide bonds. The minimum Gasteiger partial charge on any atom is -0.396 e. The Morgan fingerprint density at radius 1 is 1.14 bits per heavy atom. The SMILES string of the molecule is CC(Nc1ccc(CCO)cc1)c1nc2ccccc2n1C. The maximum absolute atomic E-state index is 8.96. The molecular weight excluding hydrogens is 274 g/mol. The molecule has 0 spiro atoms. The quantitative estimate of drug-likeness (QED) is 0.759. The summed E-state index contributed by atoms with van der Waals surface area (Å²) in [5.74, 6) is 1.01. The van der Waals surface area contributed by atoms with Crippen molar-refractivity contribution in [2.75, 3.05) is 11.9 Å². The number of para-hydroxylation sites is 2. The van der Waals surface area contributed by atoms with Crippen LogP contribution in [0.3, 0.4) is 0 Å². The lowest BCUT2D eigenvalue weighted by Gasteiger charge is -2.15. The monoisotopic (exact) mass is 295 g/mol. The molecule has 4 nitrogen and oxygen atoms in total. The van der Waals surface area contributed by atoms with Crippen LogP contribution < -0.4 is 5.32 Å². The zero-order valence-corrected chi connectivity index (χ0v) is 13.0. The first-order valence-electron chi connectivity index (χ1n) is 7.56. The summed E-state index contributed by atoms with van der Waals surface area (Å²) < 4.78 is 2.13. The van der Waals surface area contributed by atoms with E-state index < -0.39 is 0 Å². The van der Waals surface area contributed by atoms with Gasteiger partial charge >= 0.3 is 0 Å². The van der Waals surface area contributed by atoms with Gasteiger partial charge < -0.3 is 15.0 Å². The third kappa shape index (κ3) is 2.83.